The van der Waals surface area contributed by atoms with Crippen LogP contribution in [0.3, 0.4) is 0 Å². The molecule has 2 rings (SSSR count). The molecule has 1 heterocycles. The predicted molar refractivity (Wildman–Crippen MR) is 87.8 cm³/mol. The van der Waals surface area contributed by atoms with Gasteiger partial charge >= 0.3 is 5.97 Å². The zero-order valence-electron chi connectivity index (χ0n) is 13.4. The molecule has 0 radical (unpaired) electrons. The molecule has 3 heteroatoms. The molecule has 0 bridgehead atoms. The SMILES string of the molecule is CC.CC#CCn1c(C(=O)O)cc2cc(C(C)C)ccc21. The van der Waals surface area contributed by atoms with Crippen molar-refractivity contribution >= 4 is 16.9 Å². The topological polar surface area (TPSA) is 42.2 Å². The molecule has 0 aliphatic rings. The lowest BCUT2D eigenvalue weighted by molar-refractivity contribution is 0.0686. The van der Waals surface area contributed by atoms with Crippen LogP contribution in [0.1, 0.15) is 56.6 Å². The van der Waals surface area contributed by atoms with E-state index < -0.39 is 5.97 Å². The number of carboxylic acid groups (broad SMARTS) is 1. The standard InChI is InChI=1S/C16H17NO2.C2H6/c1-4-5-8-17-14-7-6-12(11(2)3)9-13(14)10-15(17)16(18)19;1-2/h6-7,9-11H,8H2,1-3H3,(H,18,19);1-2H3. The third-order valence-electron chi connectivity index (χ3n) is 3.23. The van der Waals surface area contributed by atoms with Gasteiger partial charge in [0.1, 0.15) is 5.69 Å². The van der Waals surface area contributed by atoms with Crippen molar-refractivity contribution in [2.24, 2.45) is 0 Å². The molecule has 0 saturated heterocycles. The maximum atomic E-state index is 11.3. The summed E-state index contributed by atoms with van der Waals surface area (Å²) >= 11 is 0. The van der Waals surface area contributed by atoms with E-state index in [2.05, 4.69) is 37.8 Å². The molecule has 0 atom stereocenters. The molecule has 21 heavy (non-hydrogen) atoms. The number of fused-ring (bicyclic) bond motifs is 1. The van der Waals surface area contributed by atoms with Crippen LogP contribution >= 0.6 is 0 Å². The molecule has 112 valence electrons. The molecule has 0 amide bonds. The number of nitrogens with zero attached hydrogens (tertiary/aromatic N) is 1. The summed E-state index contributed by atoms with van der Waals surface area (Å²) in [5.74, 6) is 5.24. The second kappa shape index (κ2) is 7.54. The molecule has 3 nitrogen and oxygen atoms in total. The average Bonchev–Trinajstić information content (AvgIpc) is 2.85. The molecular formula is C18H23NO2. The van der Waals surface area contributed by atoms with Crippen LogP contribution in [0.2, 0.25) is 0 Å². The summed E-state index contributed by atoms with van der Waals surface area (Å²) in [7, 11) is 0. The van der Waals surface area contributed by atoms with Crippen LogP contribution in [0.5, 0.6) is 0 Å². The Bertz CT molecular complexity index is 684. The Labute approximate surface area is 126 Å². The molecule has 0 fully saturated rings. The summed E-state index contributed by atoms with van der Waals surface area (Å²) in [4.78, 5) is 11.3. The summed E-state index contributed by atoms with van der Waals surface area (Å²) < 4.78 is 1.75. The van der Waals surface area contributed by atoms with Gasteiger partial charge in [-0.3, -0.25) is 0 Å². The second-order valence-electron chi connectivity index (χ2n) is 4.82. The van der Waals surface area contributed by atoms with Gasteiger partial charge in [0.2, 0.25) is 0 Å². The Balaban J connectivity index is 0.00000106. The molecule has 0 unspecified atom stereocenters. The van der Waals surface area contributed by atoms with Gasteiger partial charge in [-0.2, -0.15) is 0 Å². The molecule has 0 aliphatic carbocycles. The Morgan fingerprint density at radius 2 is 1.95 bits per heavy atom. The largest absolute Gasteiger partial charge is 0.477 e. The third kappa shape index (κ3) is 3.66. The Morgan fingerprint density at radius 3 is 2.48 bits per heavy atom. The number of aromatic nitrogens is 1. The van der Waals surface area contributed by atoms with E-state index in [1.54, 1.807) is 17.6 Å². The molecule has 1 N–H and O–H groups in total. The molecule has 1 aromatic carbocycles. The molecule has 1 aromatic heterocycles. The van der Waals surface area contributed by atoms with Crippen molar-refractivity contribution in [2.75, 3.05) is 0 Å². The van der Waals surface area contributed by atoms with Gasteiger partial charge in [0.15, 0.2) is 0 Å². The molecular weight excluding hydrogens is 262 g/mol. The number of benzene rings is 1. The van der Waals surface area contributed by atoms with Crippen molar-refractivity contribution < 1.29 is 9.90 Å². The molecule has 0 spiro atoms. The van der Waals surface area contributed by atoms with Gasteiger partial charge < -0.3 is 9.67 Å². The first-order valence-corrected chi connectivity index (χ1v) is 7.30. The first kappa shape index (κ1) is 16.8. The highest BCUT2D eigenvalue weighted by Crippen LogP contribution is 2.24. The van der Waals surface area contributed by atoms with Crippen molar-refractivity contribution in [3.63, 3.8) is 0 Å². The lowest BCUT2D eigenvalue weighted by Crippen LogP contribution is -2.07. The second-order valence-corrected chi connectivity index (χ2v) is 4.82. The van der Waals surface area contributed by atoms with Gasteiger partial charge in [0.25, 0.3) is 0 Å². The van der Waals surface area contributed by atoms with Crippen molar-refractivity contribution in [3.8, 4) is 11.8 Å². The van der Waals surface area contributed by atoms with E-state index in [0.29, 0.717) is 18.2 Å². The Hall–Kier alpha value is -2.21. The summed E-state index contributed by atoms with van der Waals surface area (Å²) in [5.41, 5.74) is 2.42. The third-order valence-corrected chi connectivity index (χ3v) is 3.23. The highest BCUT2D eigenvalue weighted by Gasteiger charge is 2.14. The fraction of sp³-hybridized carbons (Fsp3) is 0.389. The van der Waals surface area contributed by atoms with E-state index in [1.807, 2.05) is 19.9 Å². The van der Waals surface area contributed by atoms with Crippen LogP contribution in [0.25, 0.3) is 10.9 Å². The quantitative estimate of drug-likeness (QED) is 0.843. The number of carbonyl (C=O) groups is 1. The Morgan fingerprint density at radius 1 is 1.29 bits per heavy atom. The zero-order valence-corrected chi connectivity index (χ0v) is 13.4. The van der Waals surface area contributed by atoms with Crippen LogP contribution in [0.4, 0.5) is 0 Å². The smallest absolute Gasteiger partial charge is 0.352 e. The highest BCUT2D eigenvalue weighted by molar-refractivity contribution is 5.95. The highest BCUT2D eigenvalue weighted by atomic mass is 16.4. The fourth-order valence-electron chi connectivity index (χ4n) is 2.15. The summed E-state index contributed by atoms with van der Waals surface area (Å²) in [6.07, 6.45) is 0. The van der Waals surface area contributed by atoms with Gasteiger partial charge in [-0.15, -0.1) is 5.92 Å². The van der Waals surface area contributed by atoms with E-state index in [0.717, 1.165) is 10.9 Å². The first-order chi connectivity index (χ1) is 10.0. The van der Waals surface area contributed by atoms with E-state index in [4.69, 9.17) is 0 Å². The number of aromatic carboxylic acids is 1. The zero-order chi connectivity index (χ0) is 16.0. The summed E-state index contributed by atoms with van der Waals surface area (Å²) in [6, 6.07) is 7.81. The monoisotopic (exact) mass is 285 g/mol. The van der Waals surface area contributed by atoms with Gasteiger partial charge in [-0.25, -0.2) is 4.79 Å². The lowest BCUT2D eigenvalue weighted by Gasteiger charge is -2.07. The van der Waals surface area contributed by atoms with E-state index in [9.17, 15) is 9.90 Å². The van der Waals surface area contributed by atoms with Gasteiger partial charge in [0.05, 0.1) is 6.54 Å². The summed E-state index contributed by atoms with van der Waals surface area (Å²) in [5, 5.41) is 10.2. The molecule has 0 saturated carbocycles. The van der Waals surface area contributed by atoms with Crippen LogP contribution in [-0.2, 0) is 6.54 Å². The molecule has 2 aromatic rings. The first-order valence-electron chi connectivity index (χ1n) is 7.30. The Kier molecular flexibility index (Phi) is 6.05. The normalized spacial score (nSPS) is 9.81. The fourth-order valence-corrected chi connectivity index (χ4v) is 2.15. The van der Waals surface area contributed by atoms with Gasteiger partial charge in [-0.05, 0) is 36.6 Å². The average molecular weight is 285 g/mol. The van der Waals surface area contributed by atoms with Crippen LogP contribution in [0.15, 0.2) is 24.3 Å². The van der Waals surface area contributed by atoms with E-state index in [-0.39, 0.29) is 0 Å². The number of rotatable bonds is 3. The van der Waals surface area contributed by atoms with E-state index in [1.165, 1.54) is 5.56 Å². The van der Waals surface area contributed by atoms with Crippen molar-refractivity contribution in [2.45, 2.75) is 47.1 Å². The van der Waals surface area contributed by atoms with Gasteiger partial charge in [0, 0.05) is 10.9 Å². The molecule has 0 aliphatic heterocycles. The van der Waals surface area contributed by atoms with Crippen LogP contribution in [0, 0.1) is 11.8 Å². The lowest BCUT2D eigenvalue weighted by atomic mass is 10.0. The minimum atomic E-state index is -0.916. The number of hydrogen-bond acceptors (Lipinski definition) is 1. The maximum Gasteiger partial charge on any atom is 0.352 e. The van der Waals surface area contributed by atoms with Crippen molar-refractivity contribution in [1.29, 1.82) is 0 Å². The van der Waals surface area contributed by atoms with Crippen LogP contribution in [-0.4, -0.2) is 15.6 Å². The summed E-state index contributed by atoms with van der Waals surface area (Å²) in [6.45, 7) is 10.4. The number of carboxylic acids is 1. The van der Waals surface area contributed by atoms with Crippen molar-refractivity contribution in [1.82, 2.24) is 4.57 Å². The van der Waals surface area contributed by atoms with Gasteiger partial charge in [-0.1, -0.05) is 39.7 Å². The number of hydrogen-bond donors (Lipinski definition) is 1. The van der Waals surface area contributed by atoms with E-state index >= 15 is 0 Å². The van der Waals surface area contributed by atoms with Crippen molar-refractivity contribution in [3.05, 3.63) is 35.5 Å². The minimum Gasteiger partial charge on any atom is -0.477 e. The van der Waals surface area contributed by atoms with Crippen LogP contribution < -0.4 is 0 Å². The minimum absolute atomic E-state index is 0.290. The predicted octanol–water partition coefficient (Wildman–Crippen LogP) is 4.51. The maximum absolute atomic E-state index is 11.3.